The molecule has 0 amide bonds. The summed E-state index contributed by atoms with van der Waals surface area (Å²) in [6.45, 7) is 6.27. The predicted octanol–water partition coefficient (Wildman–Crippen LogP) is 3.48. The van der Waals surface area contributed by atoms with E-state index in [0.29, 0.717) is 5.56 Å². The van der Waals surface area contributed by atoms with Gasteiger partial charge in [-0.25, -0.2) is 4.79 Å². The first-order valence-electron chi connectivity index (χ1n) is 8.81. The van der Waals surface area contributed by atoms with Gasteiger partial charge in [-0.05, 0) is 24.6 Å². The Kier molecular flexibility index (Phi) is 5.84. The molecule has 0 bridgehead atoms. The van der Waals surface area contributed by atoms with Crippen molar-refractivity contribution in [1.82, 2.24) is 4.90 Å². The molecule has 2 aromatic rings. The molecule has 4 heteroatoms. The largest absolute Gasteiger partial charge is 0.451 e. The van der Waals surface area contributed by atoms with E-state index in [-0.39, 0.29) is 5.97 Å². The third-order valence-electron chi connectivity index (χ3n) is 4.72. The summed E-state index contributed by atoms with van der Waals surface area (Å²) in [5.41, 5.74) is 0.940. The quantitative estimate of drug-likeness (QED) is 0.755. The number of hydrogen-bond donors (Lipinski definition) is 0. The summed E-state index contributed by atoms with van der Waals surface area (Å²) in [4.78, 5) is 15.0. The molecule has 1 unspecified atom stereocenters. The minimum absolute atomic E-state index is 0.283. The third-order valence-corrected chi connectivity index (χ3v) is 4.72. The standard InChI is InChI=1S/C21H25NO3/c1-21(19-10-6-3-7-11-19,12-13-22-14-16-24-17-15-22)25-20(23)18-8-4-2-5-9-18/h2-11H,12-17H2,1H3. The van der Waals surface area contributed by atoms with Gasteiger partial charge < -0.3 is 9.47 Å². The Morgan fingerprint density at radius 3 is 2.28 bits per heavy atom. The Morgan fingerprint density at radius 1 is 1.04 bits per heavy atom. The van der Waals surface area contributed by atoms with Crippen LogP contribution in [-0.4, -0.2) is 43.7 Å². The Bertz CT molecular complexity index is 668. The molecule has 1 fully saturated rings. The number of carbonyl (C=O) groups is 1. The molecule has 1 atom stereocenters. The second-order valence-corrected chi connectivity index (χ2v) is 6.56. The van der Waals surface area contributed by atoms with E-state index in [1.54, 1.807) is 12.1 Å². The van der Waals surface area contributed by atoms with Crippen molar-refractivity contribution in [2.45, 2.75) is 18.9 Å². The average Bonchev–Trinajstić information content (AvgIpc) is 2.68. The second kappa shape index (κ2) is 8.28. The van der Waals surface area contributed by atoms with Gasteiger partial charge in [0.15, 0.2) is 0 Å². The maximum absolute atomic E-state index is 12.6. The summed E-state index contributed by atoms with van der Waals surface area (Å²) >= 11 is 0. The smallest absolute Gasteiger partial charge is 0.339 e. The van der Waals surface area contributed by atoms with E-state index in [4.69, 9.17) is 9.47 Å². The molecule has 1 aliphatic rings. The van der Waals surface area contributed by atoms with Crippen molar-refractivity contribution in [2.75, 3.05) is 32.8 Å². The van der Waals surface area contributed by atoms with Gasteiger partial charge in [0, 0.05) is 26.1 Å². The maximum Gasteiger partial charge on any atom is 0.339 e. The highest BCUT2D eigenvalue weighted by atomic mass is 16.6. The van der Waals surface area contributed by atoms with Crippen molar-refractivity contribution in [3.05, 3.63) is 71.8 Å². The summed E-state index contributed by atoms with van der Waals surface area (Å²) in [5, 5.41) is 0. The Balaban J connectivity index is 1.75. The van der Waals surface area contributed by atoms with Crippen molar-refractivity contribution in [1.29, 1.82) is 0 Å². The Morgan fingerprint density at radius 2 is 1.64 bits per heavy atom. The van der Waals surface area contributed by atoms with Crippen LogP contribution in [0.15, 0.2) is 60.7 Å². The Hall–Kier alpha value is -2.17. The highest BCUT2D eigenvalue weighted by Crippen LogP contribution is 2.30. The molecule has 0 N–H and O–H groups in total. The third kappa shape index (κ3) is 4.68. The van der Waals surface area contributed by atoms with Gasteiger partial charge >= 0.3 is 5.97 Å². The molecule has 1 aliphatic heterocycles. The van der Waals surface area contributed by atoms with Gasteiger partial charge in [-0.15, -0.1) is 0 Å². The molecule has 1 saturated heterocycles. The van der Waals surface area contributed by atoms with E-state index in [0.717, 1.165) is 44.8 Å². The van der Waals surface area contributed by atoms with Crippen LogP contribution in [0, 0.1) is 0 Å². The van der Waals surface area contributed by atoms with Crippen LogP contribution in [0.1, 0.15) is 29.3 Å². The molecule has 2 aromatic carbocycles. The second-order valence-electron chi connectivity index (χ2n) is 6.56. The van der Waals surface area contributed by atoms with Crippen molar-refractivity contribution in [3.63, 3.8) is 0 Å². The maximum atomic E-state index is 12.6. The first kappa shape index (κ1) is 17.6. The molecular formula is C21H25NO3. The van der Waals surface area contributed by atoms with Gasteiger partial charge in [-0.3, -0.25) is 4.90 Å². The number of hydrogen-bond acceptors (Lipinski definition) is 4. The SMILES string of the molecule is CC(CCN1CCOCC1)(OC(=O)c1ccccc1)c1ccccc1. The molecular weight excluding hydrogens is 314 g/mol. The number of nitrogens with zero attached hydrogens (tertiary/aromatic N) is 1. The number of ether oxygens (including phenoxy) is 2. The zero-order valence-corrected chi connectivity index (χ0v) is 14.7. The molecule has 132 valence electrons. The fourth-order valence-electron chi connectivity index (χ4n) is 3.08. The zero-order chi connectivity index (χ0) is 17.5. The summed E-state index contributed by atoms with van der Waals surface area (Å²) in [7, 11) is 0. The molecule has 1 heterocycles. The monoisotopic (exact) mass is 339 g/mol. The first-order chi connectivity index (χ1) is 12.2. The fraction of sp³-hybridized carbons (Fsp3) is 0.381. The zero-order valence-electron chi connectivity index (χ0n) is 14.7. The van der Waals surface area contributed by atoms with E-state index >= 15 is 0 Å². The molecule has 0 aliphatic carbocycles. The number of carbonyl (C=O) groups excluding carboxylic acids is 1. The summed E-state index contributed by atoms with van der Waals surface area (Å²) < 4.78 is 11.4. The van der Waals surface area contributed by atoms with Gasteiger partial charge in [0.1, 0.15) is 5.60 Å². The van der Waals surface area contributed by atoms with Crippen LogP contribution in [0.3, 0.4) is 0 Å². The molecule has 0 saturated carbocycles. The molecule has 0 aromatic heterocycles. The van der Waals surface area contributed by atoms with Crippen LogP contribution in [0.2, 0.25) is 0 Å². The van der Waals surface area contributed by atoms with Crippen molar-refractivity contribution in [3.8, 4) is 0 Å². The number of benzene rings is 2. The molecule has 0 radical (unpaired) electrons. The average molecular weight is 339 g/mol. The van der Waals surface area contributed by atoms with E-state index in [2.05, 4.69) is 4.90 Å². The highest BCUT2D eigenvalue weighted by Gasteiger charge is 2.32. The minimum Gasteiger partial charge on any atom is -0.451 e. The van der Waals surface area contributed by atoms with Crippen molar-refractivity contribution in [2.24, 2.45) is 0 Å². The van der Waals surface area contributed by atoms with Crippen LogP contribution < -0.4 is 0 Å². The van der Waals surface area contributed by atoms with Crippen LogP contribution in [-0.2, 0) is 15.1 Å². The lowest BCUT2D eigenvalue weighted by atomic mass is 9.91. The first-order valence-corrected chi connectivity index (χ1v) is 8.81. The van der Waals surface area contributed by atoms with E-state index in [9.17, 15) is 4.79 Å². The molecule has 4 nitrogen and oxygen atoms in total. The summed E-state index contributed by atoms with van der Waals surface area (Å²) in [6.07, 6.45) is 0.746. The van der Waals surface area contributed by atoms with E-state index in [1.165, 1.54) is 0 Å². The van der Waals surface area contributed by atoms with Crippen molar-refractivity contribution >= 4 is 5.97 Å². The number of morpholine rings is 1. The van der Waals surface area contributed by atoms with E-state index < -0.39 is 5.60 Å². The van der Waals surface area contributed by atoms with Crippen LogP contribution in [0.4, 0.5) is 0 Å². The van der Waals surface area contributed by atoms with Crippen LogP contribution in [0.5, 0.6) is 0 Å². The predicted molar refractivity (Wildman–Crippen MR) is 97.5 cm³/mol. The molecule has 0 spiro atoms. The minimum atomic E-state index is -0.660. The van der Waals surface area contributed by atoms with Gasteiger partial charge in [-0.1, -0.05) is 48.5 Å². The topological polar surface area (TPSA) is 38.8 Å². The van der Waals surface area contributed by atoms with Gasteiger partial charge in [0.25, 0.3) is 0 Å². The summed E-state index contributed by atoms with van der Waals surface area (Å²) in [6, 6.07) is 19.2. The highest BCUT2D eigenvalue weighted by molar-refractivity contribution is 5.89. The van der Waals surface area contributed by atoms with Crippen LogP contribution >= 0.6 is 0 Å². The van der Waals surface area contributed by atoms with E-state index in [1.807, 2.05) is 55.5 Å². The lowest BCUT2D eigenvalue weighted by Crippen LogP contribution is -2.40. The number of esters is 1. The van der Waals surface area contributed by atoms with Gasteiger partial charge in [0.05, 0.1) is 18.8 Å². The molecule has 3 rings (SSSR count). The molecule has 25 heavy (non-hydrogen) atoms. The van der Waals surface area contributed by atoms with Crippen molar-refractivity contribution < 1.29 is 14.3 Å². The van der Waals surface area contributed by atoms with Gasteiger partial charge in [-0.2, -0.15) is 0 Å². The van der Waals surface area contributed by atoms with Gasteiger partial charge in [0.2, 0.25) is 0 Å². The lowest BCUT2D eigenvalue weighted by Gasteiger charge is -2.34. The van der Waals surface area contributed by atoms with Crippen LogP contribution in [0.25, 0.3) is 0 Å². The number of rotatable bonds is 6. The normalized spacial score (nSPS) is 17.6. The lowest BCUT2D eigenvalue weighted by molar-refractivity contribution is -0.0274. The Labute approximate surface area is 149 Å². The summed E-state index contributed by atoms with van der Waals surface area (Å²) in [5.74, 6) is -0.283. The fourth-order valence-corrected chi connectivity index (χ4v) is 3.08.